The average molecular weight is 279 g/mol. The smallest absolute Gasteiger partial charge is 0.345 e. The van der Waals surface area contributed by atoms with Gasteiger partial charge in [-0.3, -0.25) is 0 Å². The van der Waals surface area contributed by atoms with Crippen LogP contribution in [0.1, 0.15) is 33.1 Å². The zero-order valence-corrected chi connectivity index (χ0v) is 11.2. The number of nitrogens with one attached hydrogen (secondary N) is 1. The molecular formula is C14H14FNO2S. The lowest BCUT2D eigenvalue weighted by Crippen LogP contribution is -2.18. The van der Waals surface area contributed by atoms with E-state index in [9.17, 15) is 9.18 Å². The van der Waals surface area contributed by atoms with Crippen LogP contribution in [0.2, 0.25) is 0 Å². The van der Waals surface area contributed by atoms with Crippen molar-refractivity contribution in [1.82, 2.24) is 5.32 Å². The lowest BCUT2D eigenvalue weighted by Gasteiger charge is -2.14. The molecule has 0 saturated carbocycles. The molecule has 1 aromatic carbocycles. The van der Waals surface area contributed by atoms with Crippen LogP contribution >= 0.6 is 11.3 Å². The highest BCUT2D eigenvalue weighted by Crippen LogP contribution is 2.19. The fourth-order valence-corrected chi connectivity index (χ4v) is 2.58. The van der Waals surface area contributed by atoms with E-state index in [4.69, 9.17) is 5.11 Å². The zero-order chi connectivity index (χ0) is 13.8. The van der Waals surface area contributed by atoms with Gasteiger partial charge in [-0.2, -0.15) is 0 Å². The molecule has 1 heterocycles. The standard InChI is InChI=1S/C14H14FNO2S/c1-9(11-4-2-3-5-12(11)15)16-8-10-6-7-13(19-10)14(17)18/h2-7,9,16H,8H2,1H3,(H,17,18). The maximum atomic E-state index is 13.6. The summed E-state index contributed by atoms with van der Waals surface area (Å²) in [6, 6.07) is 9.85. The summed E-state index contributed by atoms with van der Waals surface area (Å²) in [4.78, 5) is 12.0. The number of carboxylic acids is 1. The minimum atomic E-state index is -0.918. The van der Waals surface area contributed by atoms with Gasteiger partial charge in [0.2, 0.25) is 0 Å². The lowest BCUT2D eigenvalue weighted by molar-refractivity contribution is 0.0702. The molecule has 0 radical (unpaired) electrons. The molecule has 100 valence electrons. The van der Waals surface area contributed by atoms with E-state index < -0.39 is 5.97 Å². The van der Waals surface area contributed by atoms with Gasteiger partial charge in [0.25, 0.3) is 0 Å². The van der Waals surface area contributed by atoms with Gasteiger partial charge in [0.1, 0.15) is 10.7 Å². The van der Waals surface area contributed by atoms with Crippen molar-refractivity contribution in [2.24, 2.45) is 0 Å². The Morgan fingerprint density at radius 1 is 1.37 bits per heavy atom. The number of hydrogen-bond donors (Lipinski definition) is 2. The lowest BCUT2D eigenvalue weighted by atomic mass is 10.1. The molecule has 0 fully saturated rings. The maximum absolute atomic E-state index is 13.6. The molecule has 1 unspecified atom stereocenters. The second-order valence-corrected chi connectivity index (χ2v) is 5.36. The normalized spacial score (nSPS) is 12.3. The van der Waals surface area contributed by atoms with Gasteiger partial charge in [0.05, 0.1) is 0 Å². The Bertz CT molecular complexity index is 582. The first-order chi connectivity index (χ1) is 9.08. The van der Waals surface area contributed by atoms with Crippen LogP contribution in [0.15, 0.2) is 36.4 Å². The number of benzene rings is 1. The maximum Gasteiger partial charge on any atom is 0.345 e. The van der Waals surface area contributed by atoms with Crippen LogP contribution < -0.4 is 5.32 Å². The number of hydrogen-bond acceptors (Lipinski definition) is 3. The van der Waals surface area contributed by atoms with Crippen LogP contribution in [0.4, 0.5) is 4.39 Å². The van der Waals surface area contributed by atoms with E-state index >= 15 is 0 Å². The molecule has 0 amide bonds. The van der Waals surface area contributed by atoms with E-state index in [1.165, 1.54) is 17.4 Å². The summed E-state index contributed by atoms with van der Waals surface area (Å²) in [5, 5.41) is 12.0. The Kier molecular flexibility index (Phi) is 4.29. The highest BCUT2D eigenvalue weighted by atomic mass is 32.1. The van der Waals surface area contributed by atoms with E-state index in [0.717, 1.165) is 4.88 Å². The highest BCUT2D eigenvalue weighted by Gasteiger charge is 2.11. The minimum Gasteiger partial charge on any atom is -0.477 e. The molecule has 3 nitrogen and oxygen atoms in total. The molecule has 2 N–H and O–H groups in total. The van der Waals surface area contributed by atoms with Gasteiger partial charge < -0.3 is 10.4 Å². The van der Waals surface area contributed by atoms with Crippen molar-refractivity contribution in [3.8, 4) is 0 Å². The van der Waals surface area contributed by atoms with Crippen LogP contribution in [-0.4, -0.2) is 11.1 Å². The summed E-state index contributed by atoms with van der Waals surface area (Å²) in [7, 11) is 0. The Hall–Kier alpha value is -1.72. The fraction of sp³-hybridized carbons (Fsp3) is 0.214. The molecule has 19 heavy (non-hydrogen) atoms. The third kappa shape index (κ3) is 3.39. The second-order valence-electron chi connectivity index (χ2n) is 4.20. The first-order valence-corrected chi connectivity index (χ1v) is 6.69. The predicted molar refractivity (Wildman–Crippen MR) is 72.9 cm³/mol. The van der Waals surface area contributed by atoms with E-state index in [2.05, 4.69) is 5.32 Å². The molecule has 0 aliphatic heterocycles. The topological polar surface area (TPSA) is 49.3 Å². The number of carbonyl (C=O) groups is 1. The SMILES string of the molecule is CC(NCc1ccc(C(=O)O)s1)c1ccccc1F. The first-order valence-electron chi connectivity index (χ1n) is 5.87. The first kappa shape index (κ1) is 13.7. The molecule has 2 aromatic rings. The highest BCUT2D eigenvalue weighted by molar-refractivity contribution is 7.13. The van der Waals surface area contributed by atoms with Gasteiger partial charge in [-0.15, -0.1) is 11.3 Å². The molecule has 0 saturated heterocycles. The molecule has 5 heteroatoms. The summed E-state index contributed by atoms with van der Waals surface area (Å²) in [6.45, 7) is 2.40. The number of aromatic carboxylic acids is 1. The second kappa shape index (κ2) is 5.95. The van der Waals surface area contributed by atoms with E-state index in [1.54, 1.807) is 30.3 Å². The molecule has 0 spiro atoms. The van der Waals surface area contributed by atoms with Crippen molar-refractivity contribution in [2.45, 2.75) is 19.5 Å². The van der Waals surface area contributed by atoms with Gasteiger partial charge in [-0.1, -0.05) is 18.2 Å². The summed E-state index contributed by atoms with van der Waals surface area (Å²) in [5.74, 6) is -1.15. The summed E-state index contributed by atoms with van der Waals surface area (Å²) >= 11 is 1.23. The molecule has 0 aliphatic rings. The third-order valence-corrected chi connectivity index (χ3v) is 3.90. The van der Waals surface area contributed by atoms with Crippen LogP contribution in [0, 0.1) is 5.82 Å². The van der Waals surface area contributed by atoms with Gasteiger partial charge in [-0.05, 0) is 25.1 Å². The summed E-state index contributed by atoms with van der Waals surface area (Å²) in [5.41, 5.74) is 0.609. The summed E-state index contributed by atoms with van der Waals surface area (Å²) < 4.78 is 13.6. The van der Waals surface area contributed by atoms with E-state index in [0.29, 0.717) is 17.0 Å². The van der Waals surface area contributed by atoms with Crippen LogP contribution in [0.3, 0.4) is 0 Å². The Labute approximate surface area is 114 Å². The number of thiophene rings is 1. The van der Waals surface area contributed by atoms with Gasteiger partial charge in [-0.25, -0.2) is 9.18 Å². The summed E-state index contributed by atoms with van der Waals surface area (Å²) in [6.07, 6.45) is 0. The largest absolute Gasteiger partial charge is 0.477 e. The Balaban J connectivity index is 1.98. The van der Waals surface area contributed by atoms with Gasteiger partial charge in [0.15, 0.2) is 0 Å². The molecule has 0 bridgehead atoms. The predicted octanol–water partition coefficient (Wildman–Crippen LogP) is 3.44. The average Bonchev–Trinajstić information content (AvgIpc) is 2.85. The molecular weight excluding hydrogens is 265 g/mol. The molecule has 0 aliphatic carbocycles. The van der Waals surface area contributed by atoms with Crippen LogP contribution in [0.5, 0.6) is 0 Å². The van der Waals surface area contributed by atoms with Crippen LogP contribution in [0.25, 0.3) is 0 Å². The monoisotopic (exact) mass is 279 g/mol. The number of carboxylic acid groups (broad SMARTS) is 1. The van der Waals surface area contributed by atoms with Gasteiger partial charge in [0, 0.05) is 23.0 Å². The number of rotatable bonds is 5. The quantitative estimate of drug-likeness (QED) is 0.881. The molecule has 2 rings (SSSR count). The third-order valence-electron chi connectivity index (χ3n) is 2.83. The Morgan fingerprint density at radius 2 is 2.11 bits per heavy atom. The van der Waals surface area contributed by atoms with Crippen molar-refractivity contribution in [3.63, 3.8) is 0 Å². The van der Waals surface area contributed by atoms with Crippen molar-refractivity contribution < 1.29 is 14.3 Å². The van der Waals surface area contributed by atoms with E-state index in [-0.39, 0.29) is 11.9 Å². The molecule has 1 atom stereocenters. The van der Waals surface area contributed by atoms with Crippen molar-refractivity contribution in [3.05, 3.63) is 57.5 Å². The zero-order valence-electron chi connectivity index (χ0n) is 10.4. The fourth-order valence-electron chi connectivity index (χ4n) is 1.78. The van der Waals surface area contributed by atoms with Crippen molar-refractivity contribution in [2.75, 3.05) is 0 Å². The minimum absolute atomic E-state index is 0.128. The van der Waals surface area contributed by atoms with Crippen LogP contribution in [-0.2, 0) is 6.54 Å². The number of halogens is 1. The van der Waals surface area contributed by atoms with Crippen molar-refractivity contribution >= 4 is 17.3 Å². The Morgan fingerprint density at radius 3 is 2.74 bits per heavy atom. The van der Waals surface area contributed by atoms with Gasteiger partial charge >= 0.3 is 5.97 Å². The molecule has 1 aromatic heterocycles. The van der Waals surface area contributed by atoms with Crippen molar-refractivity contribution in [1.29, 1.82) is 0 Å². The van der Waals surface area contributed by atoms with E-state index in [1.807, 2.05) is 6.92 Å².